The third-order valence-electron chi connectivity index (χ3n) is 4.31. The second kappa shape index (κ2) is 10.6. The first kappa shape index (κ1) is 19.1. The predicted molar refractivity (Wildman–Crippen MR) is 101 cm³/mol. The van der Waals surface area contributed by atoms with E-state index in [-0.39, 0.29) is 12.0 Å². The van der Waals surface area contributed by atoms with E-state index in [1.165, 1.54) is 4.90 Å². The molecule has 3 N–H and O–H groups in total. The Morgan fingerprint density at radius 3 is 2.83 bits per heavy atom. The predicted octanol–water partition coefficient (Wildman–Crippen LogP) is 2.12. The number of aliphatic hydroxyl groups is 1. The quantitative estimate of drug-likeness (QED) is 0.275. The molecule has 2 rings (SSSR count). The molecule has 1 atom stereocenters. The number of nitrogens with one attached hydrogen (secondary N) is 2. The van der Waals surface area contributed by atoms with E-state index in [2.05, 4.69) is 39.9 Å². The fourth-order valence-electron chi connectivity index (χ4n) is 2.79. The van der Waals surface area contributed by atoms with Gasteiger partial charge in [0, 0.05) is 43.7 Å². The van der Waals surface area contributed by atoms with Crippen molar-refractivity contribution in [3.8, 4) is 0 Å². The molecule has 0 aromatic heterocycles. The van der Waals surface area contributed by atoms with Gasteiger partial charge in [0.2, 0.25) is 0 Å². The second-order valence-electron chi connectivity index (χ2n) is 6.14. The number of thioether (sulfide) groups is 1. The van der Waals surface area contributed by atoms with Crippen LogP contribution in [0.15, 0.2) is 40.2 Å². The number of aliphatic imine (C=N–C) groups is 1. The van der Waals surface area contributed by atoms with E-state index in [9.17, 15) is 5.11 Å². The number of ether oxygens (including phenoxy) is 1. The van der Waals surface area contributed by atoms with Gasteiger partial charge in [0.15, 0.2) is 5.96 Å². The van der Waals surface area contributed by atoms with Gasteiger partial charge in [0.05, 0.1) is 6.61 Å². The van der Waals surface area contributed by atoms with Crippen LogP contribution in [0.25, 0.3) is 0 Å². The summed E-state index contributed by atoms with van der Waals surface area (Å²) in [4.78, 5) is 5.59. The minimum atomic E-state index is 0.0372. The molecule has 0 bridgehead atoms. The molecule has 1 aromatic rings. The SMILES string of the molecule is CN=C(NCCCSc1ccccc1)NCC1(CCO)CCOC1. The summed E-state index contributed by atoms with van der Waals surface area (Å²) in [5.41, 5.74) is 0.0372. The Kier molecular flexibility index (Phi) is 8.42. The molecule has 0 aliphatic carbocycles. The summed E-state index contributed by atoms with van der Waals surface area (Å²) in [6.45, 7) is 3.37. The summed E-state index contributed by atoms with van der Waals surface area (Å²) < 4.78 is 5.52. The maximum Gasteiger partial charge on any atom is 0.190 e. The third kappa shape index (κ3) is 6.34. The smallest absolute Gasteiger partial charge is 0.190 e. The van der Waals surface area contributed by atoms with E-state index >= 15 is 0 Å². The number of guanidine groups is 1. The molecule has 0 amide bonds. The van der Waals surface area contributed by atoms with Crippen molar-refractivity contribution >= 4 is 17.7 Å². The molecule has 1 unspecified atom stereocenters. The molecule has 5 nitrogen and oxygen atoms in total. The van der Waals surface area contributed by atoms with E-state index < -0.39 is 0 Å². The van der Waals surface area contributed by atoms with Crippen molar-refractivity contribution in [2.45, 2.75) is 24.2 Å². The average molecular weight is 352 g/mol. The molecule has 0 spiro atoms. The van der Waals surface area contributed by atoms with Gasteiger partial charge in [-0.05, 0) is 37.1 Å². The normalized spacial score (nSPS) is 21.0. The first-order valence-corrected chi connectivity index (χ1v) is 9.57. The summed E-state index contributed by atoms with van der Waals surface area (Å²) in [7, 11) is 1.79. The Labute approximate surface area is 149 Å². The molecular formula is C18H29N3O2S. The second-order valence-corrected chi connectivity index (χ2v) is 7.31. The number of nitrogens with zero attached hydrogens (tertiary/aromatic N) is 1. The van der Waals surface area contributed by atoms with Crippen molar-refractivity contribution in [3.63, 3.8) is 0 Å². The third-order valence-corrected chi connectivity index (χ3v) is 5.41. The maximum absolute atomic E-state index is 9.28. The zero-order chi connectivity index (χ0) is 17.1. The van der Waals surface area contributed by atoms with Crippen LogP contribution >= 0.6 is 11.8 Å². The van der Waals surface area contributed by atoms with Gasteiger partial charge in [-0.3, -0.25) is 4.99 Å². The maximum atomic E-state index is 9.28. The van der Waals surface area contributed by atoms with E-state index in [0.29, 0.717) is 6.61 Å². The minimum Gasteiger partial charge on any atom is -0.396 e. The summed E-state index contributed by atoms with van der Waals surface area (Å²) in [6.07, 6.45) is 2.83. The van der Waals surface area contributed by atoms with Crippen molar-refractivity contribution in [2.75, 3.05) is 45.7 Å². The van der Waals surface area contributed by atoms with Gasteiger partial charge in [-0.1, -0.05) is 18.2 Å². The van der Waals surface area contributed by atoms with Crippen LogP contribution < -0.4 is 10.6 Å². The number of aliphatic hydroxyl groups excluding tert-OH is 1. The van der Waals surface area contributed by atoms with E-state index in [0.717, 1.165) is 50.7 Å². The standard InChI is InChI=1S/C18H29N3O2S/c1-19-17(21-14-18(8-11-22)9-12-23-15-18)20-10-5-13-24-16-6-3-2-4-7-16/h2-4,6-7,22H,5,8-15H2,1H3,(H2,19,20,21). The van der Waals surface area contributed by atoms with Gasteiger partial charge in [0.25, 0.3) is 0 Å². The molecular weight excluding hydrogens is 322 g/mol. The van der Waals surface area contributed by atoms with Crippen LogP contribution in [0.2, 0.25) is 0 Å². The number of rotatable bonds is 9. The molecule has 0 saturated carbocycles. The Morgan fingerprint density at radius 2 is 2.17 bits per heavy atom. The van der Waals surface area contributed by atoms with Crippen molar-refractivity contribution < 1.29 is 9.84 Å². The molecule has 0 radical (unpaired) electrons. The highest BCUT2D eigenvalue weighted by molar-refractivity contribution is 7.99. The lowest BCUT2D eigenvalue weighted by atomic mass is 9.84. The Balaban J connectivity index is 1.63. The van der Waals surface area contributed by atoms with Crippen molar-refractivity contribution in [2.24, 2.45) is 10.4 Å². The van der Waals surface area contributed by atoms with Crippen LogP contribution in [0.3, 0.4) is 0 Å². The van der Waals surface area contributed by atoms with Gasteiger partial charge in [0.1, 0.15) is 0 Å². The van der Waals surface area contributed by atoms with Gasteiger partial charge in [-0.15, -0.1) is 11.8 Å². The lowest BCUT2D eigenvalue weighted by molar-refractivity contribution is 0.127. The van der Waals surface area contributed by atoms with Crippen LogP contribution in [-0.2, 0) is 4.74 Å². The van der Waals surface area contributed by atoms with Crippen LogP contribution in [0.5, 0.6) is 0 Å². The summed E-state index contributed by atoms with van der Waals surface area (Å²) in [6, 6.07) is 10.5. The van der Waals surface area contributed by atoms with Gasteiger partial charge in [-0.2, -0.15) is 0 Å². The monoisotopic (exact) mass is 351 g/mol. The lowest BCUT2D eigenvalue weighted by Gasteiger charge is -2.27. The van der Waals surface area contributed by atoms with E-state index in [4.69, 9.17) is 4.74 Å². The zero-order valence-electron chi connectivity index (χ0n) is 14.5. The molecule has 1 aliphatic heterocycles. The summed E-state index contributed by atoms with van der Waals surface area (Å²) in [5, 5.41) is 16.0. The summed E-state index contributed by atoms with van der Waals surface area (Å²) in [5.74, 6) is 1.90. The molecule has 1 heterocycles. The molecule has 134 valence electrons. The van der Waals surface area contributed by atoms with Crippen LogP contribution in [0.1, 0.15) is 19.3 Å². The average Bonchev–Trinajstić information content (AvgIpc) is 3.07. The Morgan fingerprint density at radius 1 is 1.33 bits per heavy atom. The van der Waals surface area contributed by atoms with Crippen LogP contribution in [0.4, 0.5) is 0 Å². The van der Waals surface area contributed by atoms with E-state index in [1.807, 2.05) is 17.8 Å². The molecule has 6 heteroatoms. The molecule has 1 aliphatic rings. The van der Waals surface area contributed by atoms with Crippen molar-refractivity contribution in [1.82, 2.24) is 10.6 Å². The van der Waals surface area contributed by atoms with E-state index in [1.54, 1.807) is 7.05 Å². The highest BCUT2D eigenvalue weighted by atomic mass is 32.2. The number of hydrogen-bond donors (Lipinski definition) is 3. The molecule has 1 saturated heterocycles. The van der Waals surface area contributed by atoms with Crippen LogP contribution in [-0.4, -0.2) is 56.8 Å². The van der Waals surface area contributed by atoms with Crippen molar-refractivity contribution in [1.29, 1.82) is 0 Å². The fraction of sp³-hybridized carbons (Fsp3) is 0.611. The first-order chi connectivity index (χ1) is 11.8. The fourth-order valence-corrected chi connectivity index (χ4v) is 3.66. The molecule has 1 aromatic carbocycles. The summed E-state index contributed by atoms with van der Waals surface area (Å²) >= 11 is 1.87. The first-order valence-electron chi connectivity index (χ1n) is 8.59. The van der Waals surface area contributed by atoms with Gasteiger partial charge in [-0.25, -0.2) is 0 Å². The van der Waals surface area contributed by atoms with Crippen LogP contribution in [0, 0.1) is 5.41 Å². The lowest BCUT2D eigenvalue weighted by Crippen LogP contribution is -2.44. The van der Waals surface area contributed by atoms with Gasteiger partial charge < -0.3 is 20.5 Å². The minimum absolute atomic E-state index is 0.0372. The largest absolute Gasteiger partial charge is 0.396 e. The number of benzene rings is 1. The van der Waals surface area contributed by atoms with Crippen molar-refractivity contribution in [3.05, 3.63) is 30.3 Å². The molecule has 1 fully saturated rings. The molecule has 24 heavy (non-hydrogen) atoms. The number of hydrogen-bond acceptors (Lipinski definition) is 4. The Hall–Kier alpha value is -1.24. The topological polar surface area (TPSA) is 65.9 Å². The Bertz CT molecular complexity index is 490. The highest BCUT2D eigenvalue weighted by Crippen LogP contribution is 2.31. The zero-order valence-corrected chi connectivity index (χ0v) is 15.3. The highest BCUT2D eigenvalue weighted by Gasteiger charge is 2.34. The van der Waals surface area contributed by atoms with Gasteiger partial charge >= 0.3 is 0 Å².